The lowest BCUT2D eigenvalue weighted by Crippen LogP contribution is -2.58. The first-order valence-electron chi connectivity index (χ1n) is 9.52. The standard InChI is InChI=1S/C17H32N6O7/c1-9(19)14(26)21-10(5-6-13(20)25)15(27)23-12(8-24)16(28)22-11(17(29)30)4-2-3-7-18/h9-12,24H,2-8,18-19H2,1H3,(H2,20,25)(H,21,26)(H,22,28)(H,23,27)(H,29,30). The van der Waals surface area contributed by atoms with Gasteiger partial charge in [-0.3, -0.25) is 19.2 Å². The van der Waals surface area contributed by atoms with Crippen molar-refractivity contribution in [3.8, 4) is 0 Å². The zero-order valence-corrected chi connectivity index (χ0v) is 16.9. The smallest absolute Gasteiger partial charge is 0.326 e. The monoisotopic (exact) mass is 432 g/mol. The third-order valence-corrected chi connectivity index (χ3v) is 4.10. The van der Waals surface area contributed by atoms with Gasteiger partial charge >= 0.3 is 5.97 Å². The molecule has 0 fully saturated rings. The fraction of sp³-hybridized carbons (Fsp3) is 0.706. The summed E-state index contributed by atoms with van der Waals surface area (Å²) < 4.78 is 0. The van der Waals surface area contributed by atoms with E-state index in [0.717, 1.165) is 0 Å². The molecule has 0 aliphatic heterocycles. The minimum atomic E-state index is -1.47. The number of aliphatic carboxylic acids is 1. The van der Waals surface area contributed by atoms with Crippen LogP contribution in [0.15, 0.2) is 0 Å². The Hall–Kier alpha value is -2.77. The van der Waals surface area contributed by atoms with E-state index in [2.05, 4.69) is 16.0 Å². The quantitative estimate of drug-likeness (QED) is 0.118. The van der Waals surface area contributed by atoms with Crippen molar-refractivity contribution in [2.45, 2.75) is 63.2 Å². The van der Waals surface area contributed by atoms with Crippen molar-refractivity contribution in [1.29, 1.82) is 0 Å². The Bertz CT molecular complexity index is 613. The van der Waals surface area contributed by atoms with Gasteiger partial charge in [-0.25, -0.2) is 4.79 Å². The molecule has 0 bridgehead atoms. The highest BCUT2D eigenvalue weighted by Gasteiger charge is 2.29. The van der Waals surface area contributed by atoms with Crippen molar-refractivity contribution in [1.82, 2.24) is 16.0 Å². The van der Waals surface area contributed by atoms with Crippen LogP contribution in [-0.4, -0.2) is 77.1 Å². The molecule has 0 aromatic heterocycles. The molecule has 0 aromatic carbocycles. The zero-order chi connectivity index (χ0) is 23.3. The fourth-order valence-corrected chi connectivity index (χ4v) is 2.35. The number of nitrogens with two attached hydrogens (primary N) is 3. The van der Waals surface area contributed by atoms with Crippen molar-refractivity contribution in [3.05, 3.63) is 0 Å². The Balaban J connectivity index is 5.12. The number of rotatable bonds is 15. The number of unbranched alkanes of at least 4 members (excludes halogenated alkanes) is 1. The lowest BCUT2D eigenvalue weighted by molar-refractivity contribution is -0.142. The first kappa shape index (κ1) is 27.2. The van der Waals surface area contributed by atoms with Gasteiger partial charge in [0.1, 0.15) is 18.1 Å². The van der Waals surface area contributed by atoms with E-state index in [9.17, 15) is 34.2 Å². The molecule has 0 spiro atoms. The molecule has 0 saturated heterocycles. The summed E-state index contributed by atoms with van der Waals surface area (Å²) in [5, 5.41) is 25.5. The van der Waals surface area contributed by atoms with E-state index < -0.39 is 60.4 Å². The minimum absolute atomic E-state index is 0.121. The maximum Gasteiger partial charge on any atom is 0.326 e. The van der Waals surface area contributed by atoms with E-state index in [0.29, 0.717) is 19.4 Å². The number of primary amides is 1. The average molecular weight is 432 g/mol. The van der Waals surface area contributed by atoms with Crippen LogP contribution < -0.4 is 33.2 Å². The van der Waals surface area contributed by atoms with Gasteiger partial charge < -0.3 is 43.4 Å². The highest BCUT2D eigenvalue weighted by atomic mass is 16.4. The molecule has 30 heavy (non-hydrogen) atoms. The maximum absolute atomic E-state index is 12.5. The molecule has 13 heteroatoms. The third kappa shape index (κ3) is 10.7. The van der Waals surface area contributed by atoms with E-state index in [1.165, 1.54) is 6.92 Å². The van der Waals surface area contributed by atoms with Gasteiger partial charge in [-0.1, -0.05) is 0 Å². The van der Waals surface area contributed by atoms with Gasteiger partial charge in [-0.05, 0) is 39.2 Å². The predicted molar refractivity (Wildman–Crippen MR) is 105 cm³/mol. The molecule has 4 atom stereocenters. The van der Waals surface area contributed by atoms with Crippen LogP contribution in [0.5, 0.6) is 0 Å². The molecular formula is C17H32N6O7. The number of amides is 4. The van der Waals surface area contributed by atoms with Crippen LogP contribution in [0.3, 0.4) is 0 Å². The molecule has 172 valence electrons. The molecule has 0 aromatic rings. The van der Waals surface area contributed by atoms with Crippen LogP contribution >= 0.6 is 0 Å². The van der Waals surface area contributed by atoms with Crippen LogP contribution in [0, 0.1) is 0 Å². The largest absolute Gasteiger partial charge is 0.480 e. The number of nitrogens with one attached hydrogen (secondary N) is 3. The van der Waals surface area contributed by atoms with Gasteiger partial charge in [0, 0.05) is 6.42 Å². The van der Waals surface area contributed by atoms with E-state index in [4.69, 9.17) is 17.2 Å². The Morgan fingerprint density at radius 1 is 0.867 bits per heavy atom. The van der Waals surface area contributed by atoms with E-state index in [1.54, 1.807) is 0 Å². The van der Waals surface area contributed by atoms with E-state index in [1.807, 2.05) is 0 Å². The average Bonchev–Trinajstić information content (AvgIpc) is 2.67. The molecule has 0 radical (unpaired) electrons. The summed E-state index contributed by atoms with van der Waals surface area (Å²) in [4.78, 5) is 58.9. The minimum Gasteiger partial charge on any atom is -0.480 e. The summed E-state index contributed by atoms with van der Waals surface area (Å²) in [7, 11) is 0. The number of aliphatic hydroxyl groups excluding tert-OH is 1. The number of carbonyl (C=O) groups excluding carboxylic acids is 4. The molecule has 0 rings (SSSR count). The molecular weight excluding hydrogens is 400 g/mol. The SMILES string of the molecule is CC(N)C(=O)NC(CCC(N)=O)C(=O)NC(CO)C(=O)NC(CCCCN)C(=O)O. The molecule has 13 nitrogen and oxygen atoms in total. The van der Waals surface area contributed by atoms with Crippen LogP contribution in [0.25, 0.3) is 0 Å². The van der Waals surface area contributed by atoms with Crippen molar-refractivity contribution in [2.75, 3.05) is 13.2 Å². The molecule has 0 saturated carbocycles. The maximum atomic E-state index is 12.5. The normalized spacial score (nSPS) is 14.7. The van der Waals surface area contributed by atoms with Gasteiger partial charge in [0.05, 0.1) is 12.6 Å². The molecule has 4 amide bonds. The fourth-order valence-electron chi connectivity index (χ4n) is 2.35. The van der Waals surface area contributed by atoms with Crippen LogP contribution in [0.4, 0.5) is 0 Å². The van der Waals surface area contributed by atoms with Gasteiger partial charge in [0.15, 0.2) is 0 Å². The summed E-state index contributed by atoms with van der Waals surface area (Å²) in [6.07, 6.45) is 0.769. The first-order valence-corrected chi connectivity index (χ1v) is 9.52. The Morgan fingerprint density at radius 3 is 1.87 bits per heavy atom. The van der Waals surface area contributed by atoms with Gasteiger partial charge in [-0.15, -0.1) is 0 Å². The highest BCUT2D eigenvalue weighted by Crippen LogP contribution is 2.03. The van der Waals surface area contributed by atoms with Gasteiger partial charge in [-0.2, -0.15) is 0 Å². The second-order valence-corrected chi connectivity index (χ2v) is 6.78. The Morgan fingerprint density at radius 2 is 1.40 bits per heavy atom. The number of aliphatic hydroxyl groups is 1. The zero-order valence-electron chi connectivity index (χ0n) is 16.9. The number of carboxylic acid groups (broad SMARTS) is 1. The molecule has 11 N–H and O–H groups in total. The van der Waals surface area contributed by atoms with Gasteiger partial charge in [0.2, 0.25) is 23.6 Å². The summed E-state index contributed by atoms with van der Waals surface area (Å²) >= 11 is 0. The number of hydrogen-bond donors (Lipinski definition) is 8. The number of carbonyl (C=O) groups is 5. The summed E-state index contributed by atoms with van der Waals surface area (Å²) in [6, 6.07) is -4.87. The van der Waals surface area contributed by atoms with Crippen LogP contribution in [0.2, 0.25) is 0 Å². The summed E-state index contributed by atoms with van der Waals surface area (Å²) in [5.41, 5.74) is 15.9. The van der Waals surface area contributed by atoms with Crippen molar-refractivity contribution >= 4 is 29.6 Å². The molecule has 0 aliphatic rings. The van der Waals surface area contributed by atoms with E-state index >= 15 is 0 Å². The predicted octanol–water partition coefficient (Wildman–Crippen LogP) is -3.74. The summed E-state index contributed by atoms with van der Waals surface area (Å²) in [5.74, 6) is -4.43. The Kier molecular flexibility index (Phi) is 12.9. The lowest BCUT2D eigenvalue weighted by Gasteiger charge is -2.23. The molecule has 4 unspecified atom stereocenters. The van der Waals surface area contributed by atoms with Crippen molar-refractivity contribution in [2.24, 2.45) is 17.2 Å². The molecule has 0 heterocycles. The number of carboxylic acids is 1. The second kappa shape index (κ2) is 14.3. The number of hydrogen-bond acceptors (Lipinski definition) is 8. The highest BCUT2D eigenvalue weighted by molar-refractivity contribution is 5.94. The topological polar surface area (TPSA) is 240 Å². The second-order valence-electron chi connectivity index (χ2n) is 6.78. The van der Waals surface area contributed by atoms with Crippen molar-refractivity contribution in [3.63, 3.8) is 0 Å². The molecule has 0 aliphatic carbocycles. The Labute approximate surface area is 174 Å². The van der Waals surface area contributed by atoms with Crippen molar-refractivity contribution < 1.29 is 34.2 Å². The van der Waals surface area contributed by atoms with Crippen LogP contribution in [0.1, 0.15) is 39.0 Å². The third-order valence-electron chi connectivity index (χ3n) is 4.10. The van der Waals surface area contributed by atoms with Crippen LogP contribution in [-0.2, 0) is 24.0 Å². The van der Waals surface area contributed by atoms with Gasteiger partial charge in [0.25, 0.3) is 0 Å². The summed E-state index contributed by atoms with van der Waals surface area (Å²) in [6.45, 7) is 0.936. The lowest BCUT2D eigenvalue weighted by atomic mass is 10.1. The first-order chi connectivity index (χ1) is 14.0. The van der Waals surface area contributed by atoms with E-state index in [-0.39, 0.29) is 19.3 Å².